The third kappa shape index (κ3) is 2.97. The van der Waals surface area contributed by atoms with Crippen molar-refractivity contribution in [3.63, 3.8) is 0 Å². The van der Waals surface area contributed by atoms with Gasteiger partial charge in [0.25, 0.3) is 5.91 Å². The molecule has 1 atom stereocenters. The first-order valence-corrected chi connectivity index (χ1v) is 6.16. The van der Waals surface area contributed by atoms with Crippen LogP contribution in [0.25, 0.3) is 5.82 Å². The van der Waals surface area contributed by atoms with Crippen LogP contribution in [0.3, 0.4) is 0 Å². The van der Waals surface area contributed by atoms with Crippen molar-refractivity contribution in [2.24, 2.45) is 11.5 Å². The fraction of sp³-hybridized carbons (Fsp3) is 0.308. The third-order valence-electron chi connectivity index (χ3n) is 2.96. The van der Waals surface area contributed by atoms with Crippen molar-refractivity contribution < 1.29 is 4.79 Å². The minimum Gasteiger partial charge on any atom is -0.366 e. The predicted molar refractivity (Wildman–Crippen MR) is 71.8 cm³/mol. The lowest BCUT2D eigenvalue weighted by molar-refractivity contribution is 0.100. The van der Waals surface area contributed by atoms with Crippen molar-refractivity contribution in [2.75, 3.05) is 0 Å². The summed E-state index contributed by atoms with van der Waals surface area (Å²) in [6.45, 7) is 2.04. The van der Waals surface area contributed by atoms with Gasteiger partial charge in [-0.1, -0.05) is 13.0 Å². The van der Waals surface area contributed by atoms with E-state index in [1.165, 1.54) is 6.20 Å². The van der Waals surface area contributed by atoms with Crippen molar-refractivity contribution in [1.82, 2.24) is 14.8 Å². The molecule has 0 aromatic carbocycles. The molecule has 0 bridgehead atoms. The fourth-order valence-electron chi connectivity index (χ4n) is 1.79. The highest BCUT2D eigenvalue weighted by molar-refractivity contribution is 5.92. The fourth-order valence-corrected chi connectivity index (χ4v) is 1.79. The summed E-state index contributed by atoms with van der Waals surface area (Å²) < 4.78 is 1.55. The molecule has 0 saturated carbocycles. The van der Waals surface area contributed by atoms with Crippen LogP contribution in [0.1, 0.15) is 29.3 Å². The SMILES string of the molecule is CCC(N)Cc1cccnc1-n1cc(C(N)=O)cn1. The average molecular weight is 259 g/mol. The molecular weight excluding hydrogens is 242 g/mol. The normalized spacial score (nSPS) is 12.3. The number of amides is 1. The minimum atomic E-state index is -0.506. The molecule has 100 valence electrons. The molecule has 0 aliphatic carbocycles. The molecule has 0 spiro atoms. The molecule has 0 aliphatic rings. The Morgan fingerprint density at radius 1 is 1.53 bits per heavy atom. The molecule has 4 N–H and O–H groups in total. The van der Waals surface area contributed by atoms with Crippen LogP contribution in [-0.2, 0) is 6.42 Å². The number of carbonyl (C=O) groups is 1. The van der Waals surface area contributed by atoms with Gasteiger partial charge in [-0.25, -0.2) is 9.67 Å². The number of nitrogens with zero attached hydrogens (tertiary/aromatic N) is 3. The summed E-state index contributed by atoms with van der Waals surface area (Å²) in [4.78, 5) is 15.4. The van der Waals surface area contributed by atoms with Crippen LogP contribution >= 0.6 is 0 Å². The molecule has 2 rings (SSSR count). The molecule has 19 heavy (non-hydrogen) atoms. The molecule has 0 radical (unpaired) electrons. The smallest absolute Gasteiger partial charge is 0.251 e. The highest BCUT2D eigenvalue weighted by atomic mass is 16.1. The van der Waals surface area contributed by atoms with Gasteiger partial charge in [0.2, 0.25) is 0 Å². The van der Waals surface area contributed by atoms with E-state index in [0.717, 1.165) is 12.0 Å². The lowest BCUT2D eigenvalue weighted by atomic mass is 10.1. The maximum Gasteiger partial charge on any atom is 0.251 e. The van der Waals surface area contributed by atoms with E-state index in [4.69, 9.17) is 11.5 Å². The van der Waals surface area contributed by atoms with Gasteiger partial charge >= 0.3 is 0 Å². The summed E-state index contributed by atoms with van der Waals surface area (Å²) >= 11 is 0. The highest BCUT2D eigenvalue weighted by Gasteiger charge is 2.11. The molecule has 6 nitrogen and oxygen atoms in total. The van der Waals surface area contributed by atoms with Gasteiger partial charge in [0.15, 0.2) is 5.82 Å². The Balaban J connectivity index is 2.35. The molecule has 1 amide bonds. The van der Waals surface area contributed by atoms with E-state index in [-0.39, 0.29) is 6.04 Å². The second-order valence-corrected chi connectivity index (χ2v) is 4.40. The van der Waals surface area contributed by atoms with E-state index in [1.54, 1.807) is 17.1 Å². The summed E-state index contributed by atoms with van der Waals surface area (Å²) in [7, 11) is 0. The van der Waals surface area contributed by atoms with Gasteiger partial charge in [0, 0.05) is 18.4 Å². The number of primary amides is 1. The van der Waals surface area contributed by atoms with Crippen molar-refractivity contribution in [3.8, 4) is 5.82 Å². The van der Waals surface area contributed by atoms with E-state index in [0.29, 0.717) is 17.8 Å². The van der Waals surface area contributed by atoms with Gasteiger partial charge in [-0.15, -0.1) is 0 Å². The number of rotatable bonds is 5. The Labute approximate surface area is 111 Å². The van der Waals surface area contributed by atoms with Crippen molar-refractivity contribution >= 4 is 5.91 Å². The van der Waals surface area contributed by atoms with Crippen LogP contribution in [0.15, 0.2) is 30.7 Å². The third-order valence-corrected chi connectivity index (χ3v) is 2.96. The summed E-state index contributed by atoms with van der Waals surface area (Å²) in [6.07, 6.45) is 6.29. The monoisotopic (exact) mass is 259 g/mol. The first kappa shape index (κ1) is 13.2. The lowest BCUT2D eigenvalue weighted by Gasteiger charge is -2.12. The number of aromatic nitrogens is 3. The Morgan fingerprint density at radius 2 is 2.32 bits per heavy atom. The lowest BCUT2D eigenvalue weighted by Crippen LogP contribution is -2.22. The van der Waals surface area contributed by atoms with E-state index in [9.17, 15) is 4.79 Å². The molecule has 6 heteroatoms. The minimum absolute atomic E-state index is 0.0779. The molecule has 1 unspecified atom stereocenters. The second kappa shape index (κ2) is 5.62. The Bertz CT molecular complexity index is 578. The van der Waals surface area contributed by atoms with Crippen molar-refractivity contribution in [2.45, 2.75) is 25.8 Å². The zero-order valence-electron chi connectivity index (χ0n) is 10.8. The highest BCUT2D eigenvalue weighted by Crippen LogP contribution is 2.14. The first-order chi connectivity index (χ1) is 9.11. The largest absolute Gasteiger partial charge is 0.366 e. The first-order valence-electron chi connectivity index (χ1n) is 6.16. The second-order valence-electron chi connectivity index (χ2n) is 4.40. The summed E-state index contributed by atoms with van der Waals surface area (Å²) in [5.74, 6) is 0.174. The predicted octanol–water partition coefficient (Wildman–Crippen LogP) is 0.646. The maximum absolute atomic E-state index is 11.1. The van der Waals surface area contributed by atoms with Gasteiger partial charge in [0.1, 0.15) is 0 Å². The molecule has 0 aliphatic heterocycles. The van der Waals surface area contributed by atoms with Crippen LogP contribution in [0.5, 0.6) is 0 Å². The molecular formula is C13H17N5O. The number of pyridine rings is 1. The van der Waals surface area contributed by atoms with Gasteiger partial charge in [0.05, 0.1) is 11.8 Å². The molecule has 2 heterocycles. The molecule has 0 saturated heterocycles. The van der Waals surface area contributed by atoms with Crippen LogP contribution in [0.2, 0.25) is 0 Å². The molecule has 2 aromatic heterocycles. The number of carbonyl (C=O) groups excluding carboxylic acids is 1. The Morgan fingerprint density at radius 3 is 2.95 bits per heavy atom. The number of hydrogen-bond donors (Lipinski definition) is 2. The number of nitrogens with two attached hydrogens (primary N) is 2. The standard InChI is InChI=1S/C13H17N5O/c1-2-11(14)6-9-4-3-5-16-13(9)18-8-10(7-17-18)12(15)19/h3-5,7-8,11H,2,6,14H2,1H3,(H2,15,19). The number of hydrogen-bond acceptors (Lipinski definition) is 4. The van der Waals surface area contributed by atoms with E-state index in [1.807, 2.05) is 19.1 Å². The van der Waals surface area contributed by atoms with E-state index in [2.05, 4.69) is 10.1 Å². The zero-order chi connectivity index (χ0) is 13.8. The van der Waals surface area contributed by atoms with Gasteiger partial charge < -0.3 is 11.5 Å². The topological polar surface area (TPSA) is 99.8 Å². The van der Waals surface area contributed by atoms with Crippen LogP contribution in [-0.4, -0.2) is 26.7 Å². The zero-order valence-corrected chi connectivity index (χ0v) is 10.8. The van der Waals surface area contributed by atoms with Gasteiger partial charge in [-0.2, -0.15) is 5.10 Å². The average Bonchev–Trinajstić information content (AvgIpc) is 2.89. The van der Waals surface area contributed by atoms with Crippen LogP contribution < -0.4 is 11.5 Å². The van der Waals surface area contributed by atoms with E-state index >= 15 is 0 Å². The Kier molecular flexibility index (Phi) is 3.91. The summed E-state index contributed by atoms with van der Waals surface area (Å²) in [5.41, 5.74) is 12.5. The van der Waals surface area contributed by atoms with Crippen molar-refractivity contribution in [3.05, 3.63) is 41.9 Å². The quantitative estimate of drug-likeness (QED) is 0.823. The molecule has 2 aromatic rings. The van der Waals surface area contributed by atoms with Gasteiger partial charge in [-0.3, -0.25) is 4.79 Å². The van der Waals surface area contributed by atoms with Crippen molar-refractivity contribution in [1.29, 1.82) is 0 Å². The summed E-state index contributed by atoms with van der Waals surface area (Å²) in [5, 5.41) is 4.11. The van der Waals surface area contributed by atoms with Gasteiger partial charge in [-0.05, 0) is 24.5 Å². The van der Waals surface area contributed by atoms with Crippen LogP contribution in [0.4, 0.5) is 0 Å². The van der Waals surface area contributed by atoms with E-state index < -0.39 is 5.91 Å². The Hall–Kier alpha value is -2.21. The maximum atomic E-state index is 11.1. The molecule has 0 fully saturated rings. The van der Waals surface area contributed by atoms with Crippen LogP contribution in [0, 0.1) is 0 Å². The summed E-state index contributed by atoms with van der Waals surface area (Å²) in [6, 6.07) is 3.90.